The first-order valence-corrected chi connectivity index (χ1v) is 34.4. The Morgan fingerprint density at radius 1 is 0.738 bits per heavy atom. The summed E-state index contributed by atoms with van der Waals surface area (Å²) in [6, 6.07) is -0.328. The normalized spacial score (nSPS) is 28.4. The number of rotatable bonds is 16. The first kappa shape index (κ1) is 78.1. The summed E-state index contributed by atoms with van der Waals surface area (Å²) in [7, 11) is 1.47. The van der Waals surface area contributed by atoms with Crippen molar-refractivity contribution in [3.63, 3.8) is 0 Å². The highest BCUT2D eigenvalue weighted by Gasteiger charge is 2.50. The number of fused-ring (bicyclic) bond motifs is 15. The van der Waals surface area contributed by atoms with Gasteiger partial charge in [0.2, 0.25) is 53.4 Å². The second-order valence-electron chi connectivity index (χ2n) is 27.0. The van der Waals surface area contributed by atoms with E-state index in [1.165, 1.54) is 50.6 Å². The maximum Gasteiger partial charge on any atom is 0.330 e. The number of carbonyl (C=O) groups is 8. The number of carbonyl (C=O) groups excluding carboxylic acids is 7. The van der Waals surface area contributed by atoms with Gasteiger partial charge in [0, 0.05) is 47.5 Å². The molecule has 13 rings (SSSR count). The molecule has 6 aromatic rings. The van der Waals surface area contributed by atoms with Crippen LogP contribution in [0, 0.1) is 5.92 Å². The molecular weight excluding hydrogens is 1450 g/mol. The molecule has 37 heteroatoms. The van der Waals surface area contributed by atoms with Crippen molar-refractivity contribution < 1.29 is 118 Å². The van der Waals surface area contributed by atoms with E-state index in [-0.39, 0.29) is 58.5 Å². The number of carboxylic acid groups (broad SMARTS) is 1. The molecule has 7 aliphatic heterocycles. The number of halogens is 2. The number of aliphatic hydroxyl groups excluding tert-OH is 6. The van der Waals surface area contributed by atoms with Gasteiger partial charge in [0.1, 0.15) is 95.6 Å². The molecule has 35 nitrogen and oxygen atoms in total. The number of carboxylic acids is 1. The number of nitrogens with one attached hydrogen (secondary N) is 9. The molecule has 572 valence electrons. The summed E-state index contributed by atoms with van der Waals surface area (Å²) >= 11 is 14.3. The van der Waals surface area contributed by atoms with Crippen molar-refractivity contribution in [1.29, 1.82) is 0 Å². The standard InChI is InChI=1S/C70H79Cl2N11O24/c1-26(2)12-38(74-5)62(94)82-53-55(89)29-7-10-42(36(71)14-29)103-44-16-31-17-45(60(44)107-69-58(92)57(91)56(90)46(24-84)105-69)104-43-11-8-30(15-37(43)72)59(106-48-21-70(4,61(93)27(3)102-48)77-23-32-22-75-25-76-32)54-67(99)81-52(68(100)101)35-18-33(85)19-41(87)49(35)34-13-28(6-9-40(34)86)50(64(96)83-54)80-65(97)51(31)79-63(95)39(20-47(73)88)78-66(53)98/h6-11,13-19,22,25-27,38-39,46,48,50-59,61,69,74,77,84-87,89-93H,12,20-21,23-24H2,1-5H3,(H2,73,88)(H,75,76)(H,78,98)(H,79,95)(H,80,97)(H,81,99)(H,82,94)(H,83,96)(H,100,101)/t27-,38+,39-,46+,48-,50+,51+,52+,53+,54?,55+,56+,57-,58+,59?,61-,69?,70-/m0/s1. The minimum absolute atomic E-state index is 0.0812. The number of aromatic hydroxyl groups is 3. The van der Waals surface area contributed by atoms with Crippen molar-refractivity contribution in [3.05, 3.63) is 135 Å². The van der Waals surface area contributed by atoms with Crippen molar-refractivity contribution in [3.8, 4) is 57.1 Å². The number of aromatic nitrogens is 2. The van der Waals surface area contributed by atoms with Gasteiger partial charge < -0.3 is 133 Å². The Morgan fingerprint density at radius 2 is 1.38 bits per heavy atom. The number of amides is 7. The van der Waals surface area contributed by atoms with Crippen LogP contribution in [-0.2, 0) is 59.1 Å². The summed E-state index contributed by atoms with van der Waals surface area (Å²) in [4.78, 5) is 126. The van der Waals surface area contributed by atoms with E-state index in [2.05, 4.69) is 52.5 Å². The van der Waals surface area contributed by atoms with Crippen molar-refractivity contribution >= 4 is 70.5 Å². The average molecular weight is 1530 g/mol. The van der Waals surface area contributed by atoms with Crippen molar-refractivity contribution in [2.75, 3.05) is 13.7 Å². The van der Waals surface area contributed by atoms with E-state index in [0.29, 0.717) is 5.69 Å². The fourth-order valence-electron chi connectivity index (χ4n) is 13.3. The molecule has 8 heterocycles. The van der Waals surface area contributed by atoms with E-state index in [1.807, 2.05) is 13.8 Å². The van der Waals surface area contributed by atoms with Crippen molar-refractivity contribution in [2.45, 2.75) is 163 Å². The first-order valence-electron chi connectivity index (χ1n) is 33.6. The SMILES string of the molecule is CN[C@H](CC(C)C)C(=O)N[C@H]1C(=O)N[C@@H](CC(N)=O)C(=O)N[C@H]2C(=O)N[C@H]3C(=O)NC(C(=O)N[C@@H](C(=O)O)c4cc(O)cc(O)c4-c4cc3ccc4O)C(O[C@H]3C[C@](C)(NCc4c[nH]cn4)[C@@H](O)[C@H](C)O3)c3ccc(c(Cl)c3)Oc3cc2cc(c3OC2O[C@H](CO)[C@@H](O)[C@H](O)[C@H]2O)Oc2ccc(cc2Cl)[C@H]1O. The Kier molecular flexibility index (Phi) is 23.5. The molecular formula is C70H79Cl2N11O24. The summed E-state index contributed by atoms with van der Waals surface area (Å²) in [6.07, 6.45) is -15.9. The van der Waals surface area contributed by atoms with Gasteiger partial charge in [0.05, 0.1) is 53.3 Å². The Bertz CT molecular complexity index is 4400. The lowest BCUT2D eigenvalue weighted by Gasteiger charge is -2.46. The zero-order valence-corrected chi connectivity index (χ0v) is 59.1. The average Bonchev–Trinajstić information content (AvgIpc) is 1.09. The summed E-state index contributed by atoms with van der Waals surface area (Å²) in [5, 5.41) is 134. The van der Waals surface area contributed by atoms with Crippen LogP contribution in [0.15, 0.2) is 91.4 Å². The molecule has 18 atom stereocenters. The number of aliphatic hydroxyl groups is 6. The molecule has 2 fully saturated rings. The summed E-state index contributed by atoms with van der Waals surface area (Å²) in [6.45, 7) is 5.92. The maximum atomic E-state index is 16.2. The topological polar surface area (TPSA) is 545 Å². The molecule has 1 aromatic heterocycles. The van der Waals surface area contributed by atoms with Crippen molar-refractivity contribution in [2.24, 2.45) is 11.7 Å². The number of phenolic OH excluding ortho intramolecular Hbond substituents is 3. The molecule has 5 aromatic carbocycles. The van der Waals surface area contributed by atoms with E-state index in [9.17, 15) is 70.2 Å². The van der Waals surface area contributed by atoms with Crippen LogP contribution in [0.25, 0.3) is 11.1 Å². The van der Waals surface area contributed by atoms with Crippen LogP contribution in [0.3, 0.4) is 0 Å². The Morgan fingerprint density at radius 3 is 2.01 bits per heavy atom. The fraction of sp³-hybridized carbons (Fsp3) is 0.414. The second-order valence-corrected chi connectivity index (χ2v) is 27.9. The van der Waals surface area contributed by atoms with E-state index < -0.39 is 231 Å². The van der Waals surface area contributed by atoms with Crippen LogP contribution in [-0.4, -0.2) is 201 Å². The quantitative estimate of drug-likeness (QED) is 0.0633. The number of likely N-dealkylation sites (N-methyl/N-ethyl adjacent to an activating group) is 1. The van der Waals surface area contributed by atoms with Gasteiger partial charge >= 0.3 is 5.97 Å². The van der Waals surface area contributed by atoms with Crippen LogP contribution in [0.1, 0.15) is 111 Å². The Hall–Kier alpha value is -9.99. The number of benzene rings is 5. The molecule has 21 N–H and O–H groups in total. The third-order valence-corrected chi connectivity index (χ3v) is 19.5. The van der Waals surface area contributed by atoms with Crippen LogP contribution in [0.4, 0.5) is 0 Å². The van der Waals surface area contributed by atoms with E-state index in [4.69, 9.17) is 57.4 Å². The number of primary amides is 1. The number of aliphatic carboxylic acids is 1. The molecule has 11 bridgehead atoms. The van der Waals surface area contributed by atoms with Gasteiger partial charge in [-0.15, -0.1) is 0 Å². The third kappa shape index (κ3) is 16.8. The number of nitrogens with zero attached hydrogens (tertiary/aromatic N) is 1. The van der Waals surface area contributed by atoms with Gasteiger partial charge in [0.25, 0.3) is 0 Å². The highest BCUT2D eigenvalue weighted by molar-refractivity contribution is 6.32. The van der Waals surface area contributed by atoms with Crippen LogP contribution in [0.2, 0.25) is 10.0 Å². The van der Waals surface area contributed by atoms with E-state index in [1.54, 1.807) is 13.1 Å². The maximum absolute atomic E-state index is 16.2. The number of nitrogens with two attached hydrogens (primary N) is 1. The number of ether oxygens (including phenoxy) is 6. The molecule has 107 heavy (non-hydrogen) atoms. The van der Waals surface area contributed by atoms with Crippen LogP contribution < -0.4 is 62.5 Å². The van der Waals surface area contributed by atoms with Gasteiger partial charge in [-0.1, -0.05) is 55.2 Å². The van der Waals surface area contributed by atoms with Crippen LogP contribution in [0.5, 0.6) is 46.0 Å². The van der Waals surface area contributed by atoms with Crippen LogP contribution >= 0.6 is 23.2 Å². The second kappa shape index (κ2) is 32.2. The first-order chi connectivity index (χ1) is 50.7. The predicted molar refractivity (Wildman–Crippen MR) is 371 cm³/mol. The number of hydrogen-bond donors (Lipinski definition) is 20. The third-order valence-electron chi connectivity index (χ3n) is 18.9. The minimum atomic E-state index is -2.35. The molecule has 7 amide bonds. The van der Waals surface area contributed by atoms with Gasteiger partial charge in [-0.3, -0.25) is 33.6 Å². The highest BCUT2D eigenvalue weighted by atomic mass is 35.5. The van der Waals surface area contributed by atoms with Gasteiger partial charge in [-0.25, -0.2) is 9.78 Å². The summed E-state index contributed by atoms with van der Waals surface area (Å²) < 4.78 is 38.6. The minimum Gasteiger partial charge on any atom is -0.508 e. The molecule has 0 spiro atoms. The lowest BCUT2D eigenvalue weighted by atomic mass is 9.85. The smallest absolute Gasteiger partial charge is 0.330 e. The van der Waals surface area contributed by atoms with E-state index in [0.717, 1.165) is 48.5 Å². The predicted octanol–water partition coefficient (Wildman–Crippen LogP) is 0.660. The van der Waals surface area contributed by atoms with E-state index >= 15 is 19.2 Å². The highest BCUT2D eigenvalue weighted by Crippen LogP contribution is 2.50. The summed E-state index contributed by atoms with van der Waals surface area (Å²) in [5.41, 5.74) is 2.27. The Labute approximate surface area is 618 Å². The zero-order chi connectivity index (χ0) is 77.4. The lowest BCUT2D eigenvalue weighted by molar-refractivity contribution is -0.277. The summed E-state index contributed by atoms with van der Waals surface area (Å²) in [5.74, 6) is -16.0. The number of imidazole rings is 1. The van der Waals surface area contributed by atoms with Gasteiger partial charge in [-0.2, -0.15) is 0 Å². The molecule has 0 radical (unpaired) electrons. The molecule has 0 aliphatic carbocycles. The monoisotopic (exact) mass is 1530 g/mol. The number of hydrogen-bond acceptors (Lipinski definition) is 26. The van der Waals surface area contributed by atoms with Gasteiger partial charge in [0.15, 0.2) is 23.8 Å². The van der Waals surface area contributed by atoms with Crippen molar-refractivity contribution in [1.82, 2.24) is 52.5 Å². The number of H-pyrrole nitrogens is 1. The molecule has 7 aliphatic rings. The molecule has 2 saturated heterocycles. The fourth-order valence-corrected chi connectivity index (χ4v) is 13.8. The van der Waals surface area contributed by atoms with Gasteiger partial charge in [-0.05, 0) is 110 Å². The molecule has 3 unspecified atom stereocenters. The Balaban J connectivity index is 1.17. The largest absolute Gasteiger partial charge is 0.508 e. The molecule has 0 saturated carbocycles. The number of aromatic amines is 1. The lowest BCUT2D eigenvalue weighted by Crippen LogP contribution is -2.63. The number of phenols is 3. The zero-order valence-electron chi connectivity index (χ0n) is 57.6.